The van der Waals surface area contributed by atoms with Gasteiger partial charge in [-0.2, -0.15) is 0 Å². The van der Waals surface area contributed by atoms with E-state index in [1.54, 1.807) is 36.4 Å². The molecule has 3 rings (SSSR count). The van der Waals surface area contributed by atoms with Crippen molar-refractivity contribution in [3.63, 3.8) is 0 Å². The van der Waals surface area contributed by atoms with E-state index in [1.165, 1.54) is 31.2 Å². The van der Waals surface area contributed by atoms with E-state index in [0.717, 1.165) is 25.7 Å². The van der Waals surface area contributed by atoms with Gasteiger partial charge >= 0.3 is 0 Å². The van der Waals surface area contributed by atoms with Gasteiger partial charge < -0.3 is 0 Å². The maximum Gasteiger partial charge on any atom is 0.198 e. The fourth-order valence-corrected chi connectivity index (χ4v) is 8.90. The standard InChI is InChI=1S/C24H30O5S2/c1-24(30(26,27)21-14-6-3-7-15-21,31(28,29)22-16-8-4-9-17-22)19-11-13-20-12-5-2-10-18-23(20)25/h3-4,6-9,14-17,20H,2,5,10-13,18-19H2,1H3. The summed E-state index contributed by atoms with van der Waals surface area (Å²) in [5.74, 6) is 0.113. The van der Waals surface area contributed by atoms with Crippen LogP contribution in [0.2, 0.25) is 0 Å². The molecule has 1 saturated carbocycles. The summed E-state index contributed by atoms with van der Waals surface area (Å²) in [6.45, 7) is 1.31. The molecule has 0 saturated heterocycles. The normalized spacial score (nSPS) is 18.5. The molecule has 2 aromatic rings. The Labute approximate surface area is 185 Å². The monoisotopic (exact) mass is 462 g/mol. The highest BCUT2D eigenvalue weighted by molar-refractivity contribution is 8.10. The zero-order valence-corrected chi connectivity index (χ0v) is 19.5. The summed E-state index contributed by atoms with van der Waals surface area (Å²) < 4.78 is 52.5. The van der Waals surface area contributed by atoms with Crippen molar-refractivity contribution >= 4 is 25.5 Å². The molecule has 0 bridgehead atoms. The number of carbonyl (C=O) groups excluding carboxylic acids is 1. The van der Waals surface area contributed by atoms with Crippen LogP contribution < -0.4 is 0 Å². The molecule has 31 heavy (non-hydrogen) atoms. The molecule has 0 aliphatic heterocycles. The molecule has 1 aliphatic rings. The molecular weight excluding hydrogens is 432 g/mol. The number of carbonyl (C=O) groups is 1. The lowest BCUT2D eigenvalue weighted by atomic mass is 9.93. The number of hydrogen-bond acceptors (Lipinski definition) is 5. The third kappa shape index (κ3) is 4.77. The number of sulfone groups is 2. The maximum absolute atomic E-state index is 13.6. The zero-order chi connectivity index (χ0) is 22.5. The Balaban J connectivity index is 1.96. The fourth-order valence-electron chi connectivity index (χ4n) is 4.32. The Hall–Kier alpha value is -1.99. The first kappa shape index (κ1) is 23.7. The van der Waals surface area contributed by atoms with Crippen molar-refractivity contribution < 1.29 is 21.6 Å². The maximum atomic E-state index is 13.6. The Bertz CT molecular complexity index is 1020. The largest absolute Gasteiger partial charge is 0.299 e. The van der Waals surface area contributed by atoms with E-state index in [-0.39, 0.29) is 27.9 Å². The predicted molar refractivity (Wildman–Crippen MR) is 121 cm³/mol. The fraction of sp³-hybridized carbons (Fsp3) is 0.458. The molecule has 0 radical (unpaired) electrons. The first-order valence-electron chi connectivity index (χ1n) is 10.8. The minimum absolute atomic E-state index is 0.0115. The van der Waals surface area contributed by atoms with Crippen LogP contribution >= 0.6 is 0 Å². The summed E-state index contributed by atoms with van der Waals surface area (Å²) in [6.07, 6.45) is 5.08. The van der Waals surface area contributed by atoms with Crippen LogP contribution in [0.4, 0.5) is 0 Å². The topological polar surface area (TPSA) is 85.3 Å². The molecule has 1 atom stereocenters. The van der Waals surface area contributed by atoms with Gasteiger partial charge in [-0.15, -0.1) is 0 Å². The minimum atomic E-state index is -4.20. The quantitative estimate of drug-likeness (QED) is 0.517. The molecule has 1 fully saturated rings. The van der Waals surface area contributed by atoms with Crippen molar-refractivity contribution in [3.8, 4) is 0 Å². The van der Waals surface area contributed by atoms with Crippen LogP contribution in [0.1, 0.15) is 58.3 Å². The van der Waals surface area contributed by atoms with Gasteiger partial charge in [-0.3, -0.25) is 4.79 Å². The number of ketones is 1. The van der Waals surface area contributed by atoms with E-state index < -0.39 is 23.8 Å². The van der Waals surface area contributed by atoms with Gasteiger partial charge in [-0.05, 0) is 56.9 Å². The number of rotatable bonds is 8. The molecule has 2 aromatic carbocycles. The summed E-state index contributed by atoms with van der Waals surface area (Å²) in [5, 5.41) is 0. The molecule has 0 spiro atoms. The molecule has 0 amide bonds. The van der Waals surface area contributed by atoms with Crippen LogP contribution in [0.25, 0.3) is 0 Å². The predicted octanol–water partition coefficient (Wildman–Crippen LogP) is 4.97. The molecule has 1 unspecified atom stereocenters. The zero-order valence-electron chi connectivity index (χ0n) is 17.9. The van der Waals surface area contributed by atoms with Gasteiger partial charge in [0.2, 0.25) is 0 Å². The lowest BCUT2D eigenvalue weighted by Crippen LogP contribution is -2.43. The van der Waals surface area contributed by atoms with Gasteiger partial charge in [-0.25, -0.2) is 16.8 Å². The summed E-state index contributed by atoms with van der Waals surface area (Å²) in [7, 11) is -8.41. The molecule has 1 aliphatic carbocycles. The van der Waals surface area contributed by atoms with Gasteiger partial charge in [-0.1, -0.05) is 55.7 Å². The minimum Gasteiger partial charge on any atom is -0.299 e. The van der Waals surface area contributed by atoms with Crippen LogP contribution in [0.5, 0.6) is 0 Å². The Morgan fingerprint density at radius 3 is 1.84 bits per heavy atom. The molecule has 0 N–H and O–H groups in total. The van der Waals surface area contributed by atoms with Gasteiger partial charge in [0.25, 0.3) is 0 Å². The average molecular weight is 463 g/mol. The van der Waals surface area contributed by atoms with Crippen LogP contribution in [0.3, 0.4) is 0 Å². The SMILES string of the molecule is CC(CCCC1CCCCCC1=O)(S(=O)(=O)c1ccccc1)S(=O)(=O)c1ccccc1. The first-order valence-corrected chi connectivity index (χ1v) is 13.8. The summed E-state index contributed by atoms with van der Waals surface area (Å²) >= 11 is 0. The molecule has 168 valence electrons. The van der Waals surface area contributed by atoms with Gasteiger partial charge in [0.05, 0.1) is 9.79 Å². The van der Waals surface area contributed by atoms with E-state index in [2.05, 4.69) is 0 Å². The highest BCUT2D eigenvalue weighted by Crippen LogP contribution is 2.40. The van der Waals surface area contributed by atoms with Crippen LogP contribution in [0.15, 0.2) is 70.5 Å². The second-order valence-electron chi connectivity index (χ2n) is 8.42. The smallest absolute Gasteiger partial charge is 0.198 e. The summed E-state index contributed by atoms with van der Waals surface area (Å²) in [4.78, 5) is 12.3. The number of benzene rings is 2. The van der Waals surface area contributed by atoms with E-state index in [4.69, 9.17) is 0 Å². The van der Waals surface area contributed by atoms with Crippen molar-refractivity contribution in [1.29, 1.82) is 0 Å². The molecule has 7 heteroatoms. The van der Waals surface area contributed by atoms with Crippen molar-refractivity contribution in [1.82, 2.24) is 0 Å². The third-order valence-electron chi connectivity index (χ3n) is 6.36. The van der Waals surface area contributed by atoms with Crippen molar-refractivity contribution in [2.45, 2.75) is 72.2 Å². The van der Waals surface area contributed by atoms with E-state index >= 15 is 0 Å². The molecule has 5 nitrogen and oxygen atoms in total. The molecule has 0 aromatic heterocycles. The van der Waals surface area contributed by atoms with Crippen molar-refractivity contribution in [2.75, 3.05) is 0 Å². The van der Waals surface area contributed by atoms with Crippen molar-refractivity contribution in [2.24, 2.45) is 5.92 Å². The van der Waals surface area contributed by atoms with E-state index in [0.29, 0.717) is 19.3 Å². The van der Waals surface area contributed by atoms with Crippen LogP contribution in [-0.2, 0) is 24.5 Å². The number of Topliss-reactive ketones (excluding diaryl/α,β-unsaturated/α-hetero) is 1. The van der Waals surface area contributed by atoms with Crippen molar-refractivity contribution in [3.05, 3.63) is 60.7 Å². The Morgan fingerprint density at radius 1 is 0.806 bits per heavy atom. The lowest BCUT2D eigenvalue weighted by molar-refractivity contribution is -0.122. The first-order chi connectivity index (χ1) is 14.7. The Morgan fingerprint density at radius 2 is 1.32 bits per heavy atom. The second-order valence-corrected chi connectivity index (χ2v) is 13.4. The highest BCUT2D eigenvalue weighted by Gasteiger charge is 2.51. The van der Waals surface area contributed by atoms with Gasteiger partial charge in [0.15, 0.2) is 23.8 Å². The van der Waals surface area contributed by atoms with E-state index in [1.807, 2.05) is 0 Å². The van der Waals surface area contributed by atoms with Crippen LogP contribution in [-0.4, -0.2) is 26.7 Å². The molecule has 0 heterocycles. The van der Waals surface area contributed by atoms with Crippen LogP contribution in [0, 0.1) is 5.92 Å². The summed E-state index contributed by atoms with van der Waals surface area (Å²) in [6, 6.07) is 15.5. The average Bonchev–Trinajstić information content (AvgIpc) is 2.98. The summed E-state index contributed by atoms with van der Waals surface area (Å²) in [5.41, 5.74) is 0. The molecular formula is C24H30O5S2. The number of hydrogen-bond donors (Lipinski definition) is 0. The van der Waals surface area contributed by atoms with Gasteiger partial charge in [0, 0.05) is 12.3 Å². The Kier molecular flexibility index (Phi) is 7.37. The highest BCUT2D eigenvalue weighted by atomic mass is 32.3. The second kappa shape index (κ2) is 9.65. The van der Waals surface area contributed by atoms with Gasteiger partial charge in [0.1, 0.15) is 5.78 Å². The van der Waals surface area contributed by atoms with E-state index in [9.17, 15) is 21.6 Å². The lowest BCUT2D eigenvalue weighted by Gasteiger charge is -2.30. The third-order valence-corrected chi connectivity index (χ3v) is 12.1.